The zero-order chi connectivity index (χ0) is 19.1. The lowest BCUT2D eigenvalue weighted by Crippen LogP contribution is -2.14. The Morgan fingerprint density at radius 2 is 1.15 bits per heavy atom. The Morgan fingerprint density at radius 3 is 1.48 bits per heavy atom. The highest BCUT2D eigenvalue weighted by atomic mass is 32.3. The summed E-state index contributed by atoms with van der Waals surface area (Å²) in [6.45, 7) is 3.83. The number of carbonyl (C=O) groups is 1. The van der Waals surface area contributed by atoms with Crippen LogP contribution in [0.15, 0.2) is 117 Å². The van der Waals surface area contributed by atoms with Gasteiger partial charge < -0.3 is 4.18 Å². The van der Waals surface area contributed by atoms with E-state index in [0.717, 1.165) is 21.1 Å². The van der Waals surface area contributed by atoms with Gasteiger partial charge in [-0.1, -0.05) is 67.6 Å². The van der Waals surface area contributed by atoms with Gasteiger partial charge in [-0.3, -0.25) is 0 Å². The van der Waals surface area contributed by atoms with Gasteiger partial charge >= 0.3 is 5.97 Å². The molecule has 0 atom stereocenters. The van der Waals surface area contributed by atoms with Gasteiger partial charge in [0.2, 0.25) is 0 Å². The molecule has 0 radical (unpaired) electrons. The highest BCUT2D eigenvalue weighted by molar-refractivity contribution is 8.30. The summed E-state index contributed by atoms with van der Waals surface area (Å²) < 4.78 is 6.39. The van der Waals surface area contributed by atoms with Crippen LogP contribution in [0.5, 0.6) is 0 Å². The fraction of sp³-hybridized carbons (Fsp3) is 0.125. The van der Waals surface area contributed by atoms with Crippen LogP contribution in [0.4, 0.5) is 0 Å². The lowest BCUT2D eigenvalue weighted by molar-refractivity contribution is -0.129. The third-order valence-corrected chi connectivity index (χ3v) is 7.47. The fourth-order valence-electron chi connectivity index (χ4n) is 2.96. The normalized spacial score (nSPS) is 12.4. The van der Waals surface area contributed by atoms with Crippen molar-refractivity contribution in [3.8, 4) is 0 Å². The van der Waals surface area contributed by atoms with E-state index in [2.05, 4.69) is 0 Å². The van der Waals surface area contributed by atoms with Crippen LogP contribution in [-0.4, -0.2) is 5.97 Å². The predicted molar refractivity (Wildman–Crippen MR) is 112 cm³/mol. The number of rotatable bonds is 6. The van der Waals surface area contributed by atoms with Crippen LogP contribution in [0, 0.1) is 0 Å². The Morgan fingerprint density at radius 1 is 0.778 bits per heavy atom. The largest absolute Gasteiger partial charge is 0.399 e. The summed E-state index contributed by atoms with van der Waals surface area (Å²) in [4.78, 5) is 16.0. The second-order valence-corrected chi connectivity index (χ2v) is 8.85. The van der Waals surface area contributed by atoms with Gasteiger partial charge in [0.1, 0.15) is 0 Å². The molecule has 0 heterocycles. The van der Waals surface area contributed by atoms with Crippen molar-refractivity contribution in [2.75, 3.05) is 0 Å². The summed E-state index contributed by atoms with van der Waals surface area (Å²) in [6, 6.07) is 30.1. The first-order valence-corrected chi connectivity index (χ1v) is 10.6. The van der Waals surface area contributed by atoms with Gasteiger partial charge in [-0.05, 0) is 60.1 Å². The van der Waals surface area contributed by atoms with Crippen molar-refractivity contribution in [1.82, 2.24) is 0 Å². The first kappa shape index (κ1) is 19.0. The molecule has 0 N–H and O–H groups in total. The van der Waals surface area contributed by atoms with Crippen molar-refractivity contribution < 1.29 is 8.98 Å². The zero-order valence-electron chi connectivity index (χ0n) is 15.7. The van der Waals surface area contributed by atoms with Crippen molar-refractivity contribution in [3.63, 3.8) is 0 Å². The number of hydrogen-bond donors (Lipinski definition) is 0. The molecule has 138 valence electrons. The maximum Gasteiger partial charge on any atom is 0.344 e. The standard InChI is InChI=1S/C24H24O2S/c1-3-13-20(2)24(25)26-27(21-14-7-4-8-15-21,22-16-9-5-10-17-22)23-18-11-6-12-19-23/h4-19H,3H2,1-2H3. The molecule has 0 saturated carbocycles. The van der Waals surface area contributed by atoms with E-state index in [1.807, 2.05) is 111 Å². The molecule has 0 amide bonds. The van der Waals surface area contributed by atoms with E-state index in [0.29, 0.717) is 5.57 Å². The van der Waals surface area contributed by atoms with E-state index in [-0.39, 0.29) is 5.97 Å². The van der Waals surface area contributed by atoms with Crippen molar-refractivity contribution in [2.24, 2.45) is 0 Å². The second-order valence-electron chi connectivity index (χ2n) is 6.16. The molecule has 3 aromatic carbocycles. The van der Waals surface area contributed by atoms with Crippen LogP contribution >= 0.6 is 10.3 Å². The van der Waals surface area contributed by atoms with Crippen molar-refractivity contribution in [2.45, 2.75) is 35.0 Å². The Bertz CT molecular complexity index is 806. The van der Waals surface area contributed by atoms with E-state index in [9.17, 15) is 4.79 Å². The average Bonchev–Trinajstić information content (AvgIpc) is 2.74. The van der Waals surface area contributed by atoms with Crippen molar-refractivity contribution in [3.05, 3.63) is 103 Å². The van der Waals surface area contributed by atoms with E-state index < -0.39 is 10.3 Å². The van der Waals surface area contributed by atoms with Gasteiger partial charge in [0.25, 0.3) is 0 Å². The van der Waals surface area contributed by atoms with Gasteiger partial charge in [0.15, 0.2) is 0 Å². The molecule has 0 aliphatic rings. The van der Waals surface area contributed by atoms with Crippen LogP contribution in [0.25, 0.3) is 0 Å². The first-order chi connectivity index (χ1) is 13.2. The molecule has 0 spiro atoms. The van der Waals surface area contributed by atoms with Gasteiger partial charge in [0.05, 0.1) is 0 Å². The van der Waals surface area contributed by atoms with E-state index in [4.69, 9.17) is 4.18 Å². The van der Waals surface area contributed by atoms with Crippen molar-refractivity contribution >= 4 is 16.3 Å². The van der Waals surface area contributed by atoms with Crippen LogP contribution in [-0.2, 0) is 8.98 Å². The summed E-state index contributed by atoms with van der Waals surface area (Å²) in [7, 11) is -2.19. The molecule has 0 fully saturated rings. The molecule has 3 aromatic rings. The molecule has 0 unspecified atom stereocenters. The number of benzene rings is 3. The first-order valence-electron chi connectivity index (χ1n) is 9.07. The van der Waals surface area contributed by atoms with Crippen LogP contribution < -0.4 is 0 Å². The Kier molecular flexibility index (Phi) is 6.15. The van der Waals surface area contributed by atoms with E-state index in [1.54, 1.807) is 0 Å². The van der Waals surface area contributed by atoms with Gasteiger partial charge in [-0.2, -0.15) is 0 Å². The topological polar surface area (TPSA) is 26.3 Å². The quantitative estimate of drug-likeness (QED) is 0.443. The maximum atomic E-state index is 13.0. The minimum atomic E-state index is -2.19. The lowest BCUT2D eigenvalue weighted by atomic mass is 10.2. The Balaban J connectivity index is 2.26. The highest BCUT2D eigenvalue weighted by Gasteiger charge is 2.35. The monoisotopic (exact) mass is 376 g/mol. The summed E-state index contributed by atoms with van der Waals surface area (Å²) in [6.07, 6.45) is 2.71. The molecule has 3 heteroatoms. The highest BCUT2D eigenvalue weighted by Crippen LogP contribution is 2.69. The number of allylic oxidation sites excluding steroid dienone is 1. The molecule has 0 bridgehead atoms. The molecule has 0 aromatic heterocycles. The van der Waals surface area contributed by atoms with Crippen LogP contribution in [0.1, 0.15) is 20.3 Å². The molecule has 3 rings (SSSR count). The Labute approximate surface area is 163 Å². The van der Waals surface area contributed by atoms with Gasteiger partial charge in [-0.15, -0.1) is 0 Å². The smallest absolute Gasteiger partial charge is 0.344 e. The van der Waals surface area contributed by atoms with Gasteiger partial charge in [0, 0.05) is 20.3 Å². The van der Waals surface area contributed by atoms with Crippen LogP contribution in [0.2, 0.25) is 0 Å². The molecule has 0 aliphatic heterocycles. The minimum Gasteiger partial charge on any atom is -0.399 e. The lowest BCUT2D eigenvalue weighted by Gasteiger charge is -2.39. The third kappa shape index (κ3) is 3.99. The molecule has 0 saturated heterocycles. The third-order valence-electron chi connectivity index (χ3n) is 4.26. The maximum absolute atomic E-state index is 13.0. The van der Waals surface area contributed by atoms with Gasteiger partial charge in [-0.25, -0.2) is 4.79 Å². The zero-order valence-corrected chi connectivity index (χ0v) is 16.5. The predicted octanol–water partition coefficient (Wildman–Crippen LogP) is 6.78. The molecular weight excluding hydrogens is 352 g/mol. The van der Waals surface area contributed by atoms with Crippen LogP contribution in [0.3, 0.4) is 0 Å². The summed E-state index contributed by atoms with van der Waals surface area (Å²) in [5, 5.41) is 0. The summed E-state index contributed by atoms with van der Waals surface area (Å²) in [5.74, 6) is -0.275. The molecule has 0 aliphatic carbocycles. The SMILES string of the molecule is CCC=C(C)C(=O)OS(c1ccccc1)(c1ccccc1)c1ccccc1. The summed E-state index contributed by atoms with van der Waals surface area (Å²) >= 11 is 0. The van der Waals surface area contributed by atoms with Crippen molar-refractivity contribution in [1.29, 1.82) is 0 Å². The molecule has 27 heavy (non-hydrogen) atoms. The molecular formula is C24H24O2S. The van der Waals surface area contributed by atoms with E-state index in [1.165, 1.54) is 0 Å². The van der Waals surface area contributed by atoms with E-state index >= 15 is 0 Å². The Hall–Kier alpha value is -2.78. The number of carbonyl (C=O) groups excluding carboxylic acids is 1. The fourth-order valence-corrected chi connectivity index (χ4v) is 6.04. The average molecular weight is 377 g/mol. The minimum absolute atomic E-state index is 0.275. The molecule has 2 nitrogen and oxygen atoms in total. The number of hydrogen-bond acceptors (Lipinski definition) is 2. The summed E-state index contributed by atoms with van der Waals surface area (Å²) in [5.41, 5.74) is 0.636. The second kappa shape index (κ2) is 8.74.